The Labute approximate surface area is 197 Å². The monoisotopic (exact) mass is 487 g/mol. The Bertz CT molecular complexity index is 1330. The molecule has 4 rings (SSSR count). The summed E-state index contributed by atoms with van der Waals surface area (Å²) in [5, 5.41) is 7.39. The third kappa shape index (κ3) is 5.14. The van der Waals surface area contributed by atoms with E-state index in [-0.39, 0.29) is 5.11 Å². The number of aromatic nitrogens is 1. The van der Waals surface area contributed by atoms with E-state index in [1.807, 2.05) is 43.3 Å². The first-order valence-corrected chi connectivity index (χ1v) is 11.1. The summed E-state index contributed by atoms with van der Waals surface area (Å²) in [7, 11) is 0. The van der Waals surface area contributed by atoms with Crippen molar-refractivity contribution < 1.29 is 9.21 Å². The second-order valence-electron chi connectivity index (χ2n) is 6.55. The summed E-state index contributed by atoms with van der Waals surface area (Å²) in [5.74, 6) is 0.795. The fourth-order valence-corrected chi connectivity index (χ4v) is 4.36. The number of nitrogens with zero attached hydrogens (tertiary/aromatic N) is 1. The predicted molar refractivity (Wildman–Crippen MR) is 132 cm³/mol. The number of fused-ring (bicyclic) bond motifs is 1. The van der Waals surface area contributed by atoms with E-state index in [1.165, 1.54) is 17.4 Å². The summed E-state index contributed by atoms with van der Waals surface area (Å²) in [5.41, 5.74) is 2.54. The Balaban J connectivity index is 1.36. The number of thiocarbonyl (C=S) groups is 1. The molecule has 31 heavy (non-hydrogen) atoms. The van der Waals surface area contributed by atoms with Gasteiger partial charge in [0.1, 0.15) is 17.0 Å². The molecule has 0 atom stereocenters. The molecule has 2 N–H and O–H groups in total. The van der Waals surface area contributed by atoms with Crippen LogP contribution in [0.1, 0.15) is 11.3 Å². The summed E-state index contributed by atoms with van der Waals surface area (Å²) in [6, 6.07) is 14.8. The molecule has 4 aromatic rings. The van der Waals surface area contributed by atoms with Crippen molar-refractivity contribution in [2.75, 3.05) is 5.32 Å². The number of carbonyl (C=O) groups excluding carboxylic acids is 1. The van der Waals surface area contributed by atoms with Crippen molar-refractivity contribution in [3.05, 3.63) is 76.0 Å². The number of carbonyl (C=O) groups is 1. The fraction of sp³-hybridized carbons (Fsp3) is 0.0455. The van der Waals surface area contributed by atoms with Gasteiger partial charge in [0.15, 0.2) is 10.2 Å². The van der Waals surface area contributed by atoms with Gasteiger partial charge in [0.2, 0.25) is 5.91 Å². The molecule has 0 unspecified atom stereocenters. The molecular formula is C22H15Cl2N3O2S2. The standard InChI is InChI=1S/C22H15Cl2N3O2S2/c1-12-5-6-13(11-16(12)24)17-9-7-14(29-17)8-10-19(28)25-21(30)27-22-26-20-15(23)3-2-4-18(20)31-22/h2-11H,1H3,(H2,25,26,27,28,30)/b10-8+. The van der Waals surface area contributed by atoms with E-state index in [0.29, 0.717) is 32.2 Å². The second-order valence-corrected chi connectivity index (χ2v) is 8.80. The van der Waals surface area contributed by atoms with E-state index in [9.17, 15) is 4.79 Å². The lowest BCUT2D eigenvalue weighted by Gasteiger charge is -2.04. The number of anilines is 1. The Morgan fingerprint density at radius 3 is 2.77 bits per heavy atom. The van der Waals surface area contributed by atoms with Crippen molar-refractivity contribution in [3.63, 3.8) is 0 Å². The molecule has 0 saturated carbocycles. The van der Waals surface area contributed by atoms with E-state index >= 15 is 0 Å². The van der Waals surface area contributed by atoms with E-state index in [4.69, 9.17) is 39.8 Å². The largest absolute Gasteiger partial charge is 0.457 e. The fourth-order valence-electron chi connectivity index (χ4n) is 2.75. The number of halogens is 2. The van der Waals surface area contributed by atoms with Gasteiger partial charge >= 0.3 is 0 Å². The molecule has 0 saturated heterocycles. The number of hydrogen-bond donors (Lipinski definition) is 2. The number of rotatable bonds is 4. The SMILES string of the molecule is Cc1ccc(-c2ccc(/C=C/C(=O)NC(=S)Nc3nc4c(Cl)cccc4s3)o2)cc1Cl. The molecule has 0 spiro atoms. The molecule has 156 valence electrons. The number of hydrogen-bond acceptors (Lipinski definition) is 5. The number of aryl methyl sites for hydroxylation is 1. The quantitative estimate of drug-likeness (QED) is 0.247. The van der Waals surface area contributed by atoms with Crippen LogP contribution in [-0.4, -0.2) is 16.0 Å². The molecule has 2 aromatic heterocycles. The number of furan rings is 1. The molecule has 0 aliphatic heterocycles. The summed E-state index contributed by atoms with van der Waals surface area (Å²) in [4.78, 5) is 16.6. The Morgan fingerprint density at radius 2 is 2.00 bits per heavy atom. The highest BCUT2D eigenvalue weighted by Gasteiger charge is 2.10. The average Bonchev–Trinajstić information content (AvgIpc) is 3.36. The highest BCUT2D eigenvalue weighted by atomic mass is 35.5. The van der Waals surface area contributed by atoms with E-state index in [2.05, 4.69) is 15.6 Å². The summed E-state index contributed by atoms with van der Waals surface area (Å²) in [6.45, 7) is 1.94. The van der Waals surface area contributed by atoms with Gasteiger partial charge in [0, 0.05) is 16.7 Å². The zero-order valence-corrected chi connectivity index (χ0v) is 19.3. The zero-order valence-electron chi connectivity index (χ0n) is 16.1. The molecule has 1 amide bonds. The first-order chi connectivity index (χ1) is 14.9. The molecule has 0 aliphatic rings. The minimum absolute atomic E-state index is 0.138. The third-order valence-electron chi connectivity index (χ3n) is 4.31. The van der Waals surface area contributed by atoms with Crippen LogP contribution < -0.4 is 10.6 Å². The van der Waals surface area contributed by atoms with Gasteiger partial charge in [-0.25, -0.2) is 4.98 Å². The number of para-hydroxylation sites is 1. The maximum absolute atomic E-state index is 12.2. The van der Waals surface area contributed by atoms with Gasteiger partial charge in [-0.15, -0.1) is 0 Å². The van der Waals surface area contributed by atoms with Crippen molar-refractivity contribution in [3.8, 4) is 11.3 Å². The molecule has 0 fully saturated rings. The van der Waals surface area contributed by atoms with Gasteiger partial charge in [-0.1, -0.05) is 52.7 Å². The van der Waals surface area contributed by atoms with Crippen LogP contribution in [0.25, 0.3) is 27.6 Å². The van der Waals surface area contributed by atoms with Gasteiger partial charge in [0.05, 0.1) is 9.72 Å². The van der Waals surface area contributed by atoms with Crippen molar-refractivity contribution in [2.45, 2.75) is 6.92 Å². The number of amides is 1. The minimum atomic E-state index is -0.395. The van der Waals surface area contributed by atoms with Gasteiger partial charge in [0.25, 0.3) is 0 Å². The maximum Gasteiger partial charge on any atom is 0.250 e. The Hall–Kier alpha value is -2.71. The van der Waals surface area contributed by atoms with Gasteiger partial charge in [-0.3, -0.25) is 10.1 Å². The number of nitrogens with one attached hydrogen (secondary N) is 2. The molecule has 0 bridgehead atoms. The van der Waals surface area contributed by atoms with Crippen LogP contribution >= 0.6 is 46.8 Å². The topological polar surface area (TPSA) is 67.2 Å². The van der Waals surface area contributed by atoms with Gasteiger partial charge < -0.3 is 9.73 Å². The Morgan fingerprint density at radius 1 is 1.16 bits per heavy atom. The number of thiazole rings is 1. The van der Waals surface area contributed by atoms with Crippen LogP contribution in [0.15, 0.2) is 59.0 Å². The van der Waals surface area contributed by atoms with Crippen LogP contribution in [0.3, 0.4) is 0 Å². The average molecular weight is 488 g/mol. The van der Waals surface area contributed by atoms with E-state index in [0.717, 1.165) is 15.8 Å². The predicted octanol–water partition coefficient (Wildman–Crippen LogP) is 6.70. The number of benzene rings is 2. The second kappa shape index (κ2) is 9.20. The van der Waals surface area contributed by atoms with Crippen LogP contribution in [0.2, 0.25) is 10.0 Å². The van der Waals surface area contributed by atoms with E-state index in [1.54, 1.807) is 18.2 Å². The lowest BCUT2D eigenvalue weighted by atomic mass is 10.1. The smallest absolute Gasteiger partial charge is 0.250 e. The van der Waals surface area contributed by atoms with Crippen molar-refractivity contribution in [1.29, 1.82) is 0 Å². The molecule has 9 heteroatoms. The third-order valence-corrected chi connectivity index (χ3v) is 6.16. The molecular weight excluding hydrogens is 473 g/mol. The highest BCUT2D eigenvalue weighted by Crippen LogP contribution is 2.30. The first-order valence-electron chi connectivity index (χ1n) is 9.10. The lowest BCUT2D eigenvalue weighted by Crippen LogP contribution is -2.32. The summed E-state index contributed by atoms with van der Waals surface area (Å²) in [6.07, 6.45) is 2.91. The highest BCUT2D eigenvalue weighted by molar-refractivity contribution is 7.80. The molecule has 0 radical (unpaired) electrons. The molecule has 0 aliphatic carbocycles. The van der Waals surface area contributed by atoms with Crippen molar-refractivity contribution >= 4 is 79.2 Å². The van der Waals surface area contributed by atoms with Crippen molar-refractivity contribution in [2.24, 2.45) is 0 Å². The minimum Gasteiger partial charge on any atom is -0.457 e. The van der Waals surface area contributed by atoms with Crippen LogP contribution in [0, 0.1) is 6.92 Å². The molecule has 5 nitrogen and oxygen atoms in total. The normalized spacial score (nSPS) is 11.2. The first kappa shape index (κ1) is 21.5. The summed E-state index contributed by atoms with van der Waals surface area (Å²) >= 11 is 18.9. The zero-order chi connectivity index (χ0) is 22.0. The summed E-state index contributed by atoms with van der Waals surface area (Å²) < 4.78 is 6.69. The van der Waals surface area contributed by atoms with Crippen LogP contribution in [0.4, 0.5) is 5.13 Å². The Kier molecular flexibility index (Phi) is 6.38. The lowest BCUT2D eigenvalue weighted by molar-refractivity contribution is -0.115. The van der Waals surface area contributed by atoms with Gasteiger partial charge in [-0.2, -0.15) is 0 Å². The molecule has 2 heterocycles. The van der Waals surface area contributed by atoms with Crippen LogP contribution in [-0.2, 0) is 4.79 Å². The molecule has 2 aromatic carbocycles. The van der Waals surface area contributed by atoms with Gasteiger partial charge in [-0.05, 0) is 61.1 Å². The van der Waals surface area contributed by atoms with E-state index < -0.39 is 5.91 Å². The van der Waals surface area contributed by atoms with Crippen molar-refractivity contribution in [1.82, 2.24) is 10.3 Å². The van der Waals surface area contributed by atoms with Crippen LogP contribution in [0.5, 0.6) is 0 Å². The maximum atomic E-state index is 12.2.